The first-order chi connectivity index (χ1) is 12.0. The van der Waals surface area contributed by atoms with Gasteiger partial charge in [0.1, 0.15) is 0 Å². The average molecular weight is 395 g/mol. The summed E-state index contributed by atoms with van der Waals surface area (Å²) in [6, 6.07) is 8.44. The van der Waals surface area contributed by atoms with E-state index in [1.807, 2.05) is 6.07 Å². The number of rotatable bonds is 5. The molecule has 25 heavy (non-hydrogen) atoms. The van der Waals surface area contributed by atoms with Gasteiger partial charge < -0.3 is 11.2 Å². The van der Waals surface area contributed by atoms with E-state index in [-0.39, 0.29) is 11.7 Å². The smallest absolute Gasteiger partial charge is 0.234 e. The van der Waals surface area contributed by atoms with Crippen LogP contribution in [0.25, 0.3) is 11.4 Å². The Balaban J connectivity index is 1.65. The Kier molecular flexibility index (Phi) is 5.42. The molecule has 2 aromatic heterocycles. The summed E-state index contributed by atoms with van der Waals surface area (Å²) < 4.78 is 1.32. The SMILES string of the molecule is Nn1c(SCC(=O)Nc2cc(Cl)ccc2Cl)nnc1-c1cccnc1. The second kappa shape index (κ2) is 7.73. The summed E-state index contributed by atoms with van der Waals surface area (Å²) in [5.41, 5.74) is 1.18. The standard InChI is InChI=1S/C15H12Cl2N6OS/c16-10-3-4-11(17)12(6-10)20-13(24)8-25-15-22-21-14(23(15)18)9-2-1-5-19-7-9/h1-7H,8,18H2,(H,20,24). The van der Waals surface area contributed by atoms with Crippen molar-refractivity contribution < 1.29 is 4.79 Å². The number of nitrogens with one attached hydrogen (secondary N) is 1. The molecule has 0 atom stereocenters. The van der Waals surface area contributed by atoms with Gasteiger partial charge >= 0.3 is 0 Å². The third-order valence-corrected chi connectivity index (χ3v) is 4.63. The summed E-state index contributed by atoms with van der Waals surface area (Å²) >= 11 is 13.1. The van der Waals surface area contributed by atoms with Crippen LogP contribution in [0.2, 0.25) is 10.0 Å². The van der Waals surface area contributed by atoms with Crippen LogP contribution in [0.4, 0.5) is 5.69 Å². The highest BCUT2D eigenvalue weighted by Gasteiger charge is 2.14. The van der Waals surface area contributed by atoms with Gasteiger partial charge in [-0.1, -0.05) is 35.0 Å². The monoisotopic (exact) mass is 394 g/mol. The fourth-order valence-corrected chi connectivity index (χ4v) is 2.97. The molecule has 3 aromatic rings. The van der Waals surface area contributed by atoms with Gasteiger partial charge in [-0.25, -0.2) is 4.68 Å². The normalized spacial score (nSPS) is 10.6. The summed E-state index contributed by atoms with van der Waals surface area (Å²) in [6.07, 6.45) is 3.29. The Bertz CT molecular complexity index is 902. The molecule has 0 spiro atoms. The molecule has 0 aliphatic rings. The molecule has 0 aliphatic heterocycles. The van der Waals surface area contributed by atoms with E-state index in [2.05, 4.69) is 20.5 Å². The molecule has 3 N–H and O–H groups in total. The third kappa shape index (κ3) is 4.22. The number of carbonyl (C=O) groups is 1. The first-order valence-electron chi connectivity index (χ1n) is 7.03. The largest absolute Gasteiger partial charge is 0.335 e. The Labute approximate surface area is 157 Å². The van der Waals surface area contributed by atoms with Crippen molar-refractivity contribution in [1.29, 1.82) is 0 Å². The fraction of sp³-hybridized carbons (Fsp3) is 0.0667. The first kappa shape index (κ1) is 17.5. The van der Waals surface area contributed by atoms with E-state index in [4.69, 9.17) is 29.0 Å². The molecule has 128 valence electrons. The Morgan fingerprint density at radius 3 is 2.88 bits per heavy atom. The molecule has 10 heteroatoms. The van der Waals surface area contributed by atoms with Crippen LogP contribution < -0.4 is 11.2 Å². The van der Waals surface area contributed by atoms with Crippen LogP contribution in [0.5, 0.6) is 0 Å². The van der Waals surface area contributed by atoms with Crippen molar-refractivity contribution >= 4 is 46.6 Å². The molecule has 0 radical (unpaired) electrons. The Hall–Kier alpha value is -2.29. The maximum absolute atomic E-state index is 12.1. The minimum absolute atomic E-state index is 0.0885. The van der Waals surface area contributed by atoms with E-state index in [0.29, 0.717) is 26.7 Å². The van der Waals surface area contributed by atoms with Crippen LogP contribution in [0.3, 0.4) is 0 Å². The predicted molar refractivity (Wildman–Crippen MR) is 99.2 cm³/mol. The van der Waals surface area contributed by atoms with Gasteiger partial charge in [-0.2, -0.15) is 0 Å². The van der Waals surface area contributed by atoms with Gasteiger partial charge in [-0.3, -0.25) is 9.78 Å². The highest BCUT2D eigenvalue weighted by molar-refractivity contribution is 7.99. The van der Waals surface area contributed by atoms with Gasteiger partial charge in [0, 0.05) is 23.0 Å². The van der Waals surface area contributed by atoms with Crippen molar-refractivity contribution in [3.63, 3.8) is 0 Å². The molecule has 0 unspecified atom stereocenters. The number of benzene rings is 1. The van der Waals surface area contributed by atoms with E-state index in [9.17, 15) is 4.79 Å². The number of amides is 1. The average Bonchev–Trinajstić information content (AvgIpc) is 2.98. The molecule has 0 bridgehead atoms. The maximum atomic E-state index is 12.1. The molecular formula is C15H12Cl2N6OS. The van der Waals surface area contributed by atoms with Gasteiger partial charge in [0.15, 0.2) is 5.82 Å². The van der Waals surface area contributed by atoms with E-state index in [0.717, 1.165) is 17.3 Å². The van der Waals surface area contributed by atoms with Crippen LogP contribution in [0.15, 0.2) is 47.9 Å². The zero-order chi connectivity index (χ0) is 17.8. The quantitative estimate of drug-likeness (QED) is 0.509. The lowest BCUT2D eigenvalue weighted by Gasteiger charge is -2.07. The van der Waals surface area contributed by atoms with Crippen LogP contribution in [-0.2, 0) is 4.79 Å². The molecule has 2 heterocycles. The van der Waals surface area contributed by atoms with Crippen molar-refractivity contribution in [2.75, 3.05) is 16.9 Å². The summed E-state index contributed by atoms with van der Waals surface area (Å²) in [7, 11) is 0. The van der Waals surface area contributed by atoms with Crippen molar-refractivity contribution in [3.05, 3.63) is 52.8 Å². The number of hydrogen-bond acceptors (Lipinski definition) is 6. The van der Waals surface area contributed by atoms with Crippen molar-refractivity contribution in [2.24, 2.45) is 0 Å². The van der Waals surface area contributed by atoms with Crippen molar-refractivity contribution in [2.45, 2.75) is 5.16 Å². The number of hydrogen-bond donors (Lipinski definition) is 2. The van der Waals surface area contributed by atoms with Crippen LogP contribution in [0, 0.1) is 0 Å². The molecule has 1 aromatic carbocycles. The lowest BCUT2D eigenvalue weighted by molar-refractivity contribution is -0.113. The summed E-state index contributed by atoms with van der Waals surface area (Å²) in [5.74, 6) is 6.28. The lowest BCUT2D eigenvalue weighted by Crippen LogP contribution is -2.16. The zero-order valence-electron chi connectivity index (χ0n) is 12.7. The van der Waals surface area contributed by atoms with E-state index in [1.54, 1.807) is 36.7 Å². The van der Waals surface area contributed by atoms with Gasteiger partial charge in [-0.05, 0) is 30.3 Å². The predicted octanol–water partition coefficient (Wildman–Crippen LogP) is 3.09. The number of thioether (sulfide) groups is 1. The first-order valence-corrected chi connectivity index (χ1v) is 8.77. The molecule has 0 saturated carbocycles. The zero-order valence-corrected chi connectivity index (χ0v) is 15.0. The number of halogens is 2. The number of nitrogen functional groups attached to an aromatic ring is 1. The topological polar surface area (TPSA) is 98.7 Å². The van der Waals surface area contributed by atoms with E-state index >= 15 is 0 Å². The molecule has 1 amide bonds. The van der Waals surface area contributed by atoms with Crippen LogP contribution in [0.1, 0.15) is 0 Å². The van der Waals surface area contributed by atoms with Gasteiger partial charge in [0.05, 0.1) is 16.5 Å². The highest BCUT2D eigenvalue weighted by Crippen LogP contribution is 2.26. The Morgan fingerprint density at radius 1 is 1.28 bits per heavy atom. The number of pyridine rings is 1. The minimum Gasteiger partial charge on any atom is -0.335 e. The second-order valence-corrected chi connectivity index (χ2v) is 6.67. The highest BCUT2D eigenvalue weighted by atomic mass is 35.5. The summed E-state index contributed by atoms with van der Waals surface area (Å²) in [4.78, 5) is 16.1. The summed E-state index contributed by atoms with van der Waals surface area (Å²) in [6.45, 7) is 0. The van der Waals surface area contributed by atoms with E-state index in [1.165, 1.54) is 4.68 Å². The maximum Gasteiger partial charge on any atom is 0.234 e. The molecule has 0 saturated heterocycles. The van der Waals surface area contributed by atoms with Crippen molar-refractivity contribution in [1.82, 2.24) is 19.9 Å². The van der Waals surface area contributed by atoms with E-state index < -0.39 is 0 Å². The fourth-order valence-electron chi connectivity index (χ4n) is 1.98. The summed E-state index contributed by atoms with van der Waals surface area (Å²) in [5, 5.41) is 12.0. The van der Waals surface area contributed by atoms with Gasteiger partial charge in [-0.15, -0.1) is 10.2 Å². The van der Waals surface area contributed by atoms with Gasteiger partial charge in [0.2, 0.25) is 11.1 Å². The van der Waals surface area contributed by atoms with Crippen LogP contribution in [-0.4, -0.2) is 31.5 Å². The number of anilines is 1. The lowest BCUT2D eigenvalue weighted by atomic mass is 10.3. The Morgan fingerprint density at radius 2 is 2.12 bits per heavy atom. The van der Waals surface area contributed by atoms with Crippen molar-refractivity contribution in [3.8, 4) is 11.4 Å². The van der Waals surface area contributed by atoms with Gasteiger partial charge in [0.25, 0.3) is 0 Å². The molecule has 3 rings (SSSR count). The third-order valence-electron chi connectivity index (χ3n) is 3.12. The molecular weight excluding hydrogens is 383 g/mol. The molecule has 0 aliphatic carbocycles. The number of nitrogens with two attached hydrogens (primary N) is 1. The number of aromatic nitrogens is 4. The minimum atomic E-state index is -0.264. The van der Waals surface area contributed by atoms with Crippen LogP contribution >= 0.6 is 35.0 Å². The molecule has 7 nitrogen and oxygen atoms in total. The number of nitrogens with zero attached hydrogens (tertiary/aromatic N) is 4. The number of carbonyl (C=O) groups excluding carboxylic acids is 1. The second-order valence-electron chi connectivity index (χ2n) is 4.88. The molecule has 0 fully saturated rings.